The van der Waals surface area contributed by atoms with Crippen LogP contribution in [-0.2, 0) is 6.54 Å². The minimum absolute atomic E-state index is 0.630. The summed E-state index contributed by atoms with van der Waals surface area (Å²) in [6.07, 6.45) is 0. The molecule has 19 heavy (non-hydrogen) atoms. The lowest BCUT2D eigenvalue weighted by Crippen LogP contribution is -2.00. The largest absolute Gasteiger partial charge is 0.380 e. The topological polar surface area (TPSA) is 35.8 Å². The lowest BCUT2D eigenvalue weighted by molar-refractivity contribution is 1.15. The fourth-order valence-electron chi connectivity index (χ4n) is 1.68. The van der Waals surface area contributed by atoms with Gasteiger partial charge in [-0.05, 0) is 42.3 Å². The van der Waals surface area contributed by atoms with Gasteiger partial charge in [-0.1, -0.05) is 35.3 Å². The molecule has 0 spiro atoms. The smallest absolute Gasteiger partial charge is 0.0991 e. The summed E-state index contributed by atoms with van der Waals surface area (Å²) in [6, 6.07) is 13.2. The molecule has 0 saturated carbocycles. The molecule has 0 aliphatic carbocycles. The van der Waals surface area contributed by atoms with E-state index in [1.165, 1.54) is 0 Å². The van der Waals surface area contributed by atoms with E-state index in [9.17, 15) is 0 Å². The van der Waals surface area contributed by atoms with E-state index < -0.39 is 0 Å². The van der Waals surface area contributed by atoms with Crippen molar-refractivity contribution in [2.75, 3.05) is 5.32 Å². The van der Waals surface area contributed by atoms with E-state index >= 15 is 0 Å². The average molecular weight is 291 g/mol. The van der Waals surface area contributed by atoms with Crippen LogP contribution in [0.3, 0.4) is 0 Å². The number of halogens is 2. The van der Waals surface area contributed by atoms with Crippen molar-refractivity contribution >= 4 is 28.9 Å². The van der Waals surface area contributed by atoms with Crippen LogP contribution in [0.15, 0.2) is 36.4 Å². The number of nitrogens with zero attached hydrogens (tertiary/aromatic N) is 1. The molecule has 0 fully saturated rings. The van der Waals surface area contributed by atoms with Crippen LogP contribution in [0.1, 0.15) is 16.7 Å². The Bertz CT molecular complexity index is 628. The lowest BCUT2D eigenvalue weighted by atomic mass is 10.1. The zero-order valence-corrected chi connectivity index (χ0v) is 11.9. The van der Waals surface area contributed by atoms with Crippen LogP contribution in [0, 0.1) is 18.3 Å². The number of anilines is 1. The van der Waals surface area contributed by atoms with E-state index in [1.807, 2.05) is 31.2 Å². The molecule has 96 valence electrons. The number of benzene rings is 2. The standard InChI is InChI=1S/C15H12Cl2N2/c1-10-6-14(17)15(7-13(10)16)19-9-12-4-2-11(8-18)3-5-12/h2-7,19H,9H2,1H3. The van der Waals surface area contributed by atoms with Gasteiger partial charge in [0.05, 0.1) is 22.3 Å². The molecule has 0 aliphatic heterocycles. The monoisotopic (exact) mass is 290 g/mol. The first-order chi connectivity index (χ1) is 9.10. The first-order valence-corrected chi connectivity index (χ1v) is 6.54. The number of hydrogen-bond donors (Lipinski definition) is 1. The summed E-state index contributed by atoms with van der Waals surface area (Å²) in [6.45, 7) is 2.55. The molecule has 0 heterocycles. The van der Waals surface area contributed by atoms with Crippen molar-refractivity contribution in [1.82, 2.24) is 0 Å². The van der Waals surface area contributed by atoms with Gasteiger partial charge in [0.15, 0.2) is 0 Å². The highest BCUT2D eigenvalue weighted by molar-refractivity contribution is 6.35. The second kappa shape index (κ2) is 5.97. The molecule has 0 radical (unpaired) electrons. The predicted octanol–water partition coefficient (Wildman–Crippen LogP) is 4.79. The average Bonchev–Trinajstić information content (AvgIpc) is 2.42. The summed E-state index contributed by atoms with van der Waals surface area (Å²) in [5.41, 5.74) is 3.49. The number of nitriles is 1. The fourth-order valence-corrected chi connectivity index (χ4v) is 2.12. The van der Waals surface area contributed by atoms with Crippen LogP contribution < -0.4 is 5.32 Å². The van der Waals surface area contributed by atoms with E-state index in [0.717, 1.165) is 16.8 Å². The van der Waals surface area contributed by atoms with Gasteiger partial charge in [-0.25, -0.2) is 0 Å². The molecule has 0 unspecified atom stereocenters. The van der Waals surface area contributed by atoms with E-state index in [4.69, 9.17) is 28.5 Å². The molecular weight excluding hydrogens is 279 g/mol. The molecule has 0 bridgehead atoms. The summed E-state index contributed by atoms with van der Waals surface area (Å²) < 4.78 is 0. The molecule has 2 rings (SSSR count). The predicted molar refractivity (Wildman–Crippen MR) is 79.7 cm³/mol. The van der Waals surface area contributed by atoms with Crippen LogP contribution in [0.4, 0.5) is 5.69 Å². The minimum atomic E-state index is 0.630. The Morgan fingerprint density at radius 2 is 1.79 bits per heavy atom. The van der Waals surface area contributed by atoms with Crippen LogP contribution in [0.5, 0.6) is 0 Å². The molecule has 0 aliphatic rings. The van der Waals surface area contributed by atoms with Gasteiger partial charge in [0, 0.05) is 11.6 Å². The molecule has 0 aromatic heterocycles. The number of hydrogen-bond acceptors (Lipinski definition) is 2. The molecular formula is C15H12Cl2N2. The van der Waals surface area contributed by atoms with Gasteiger partial charge < -0.3 is 5.32 Å². The Hall–Kier alpha value is -1.69. The van der Waals surface area contributed by atoms with Crippen molar-refractivity contribution < 1.29 is 0 Å². The maximum Gasteiger partial charge on any atom is 0.0991 e. The van der Waals surface area contributed by atoms with E-state index in [1.54, 1.807) is 12.1 Å². The Kier molecular flexibility index (Phi) is 4.31. The Morgan fingerprint density at radius 3 is 2.42 bits per heavy atom. The first-order valence-electron chi connectivity index (χ1n) is 5.78. The third kappa shape index (κ3) is 3.41. The molecule has 0 amide bonds. The van der Waals surface area contributed by atoms with Crippen molar-refractivity contribution in [1.29, 1.82) is 5.26 Å². The van der Waals surface area contributed by atoms with Crippen LogP contribution in [-0.4, -0.2) is 0 Å². The van der Waals surface area contributed by atoms with Crippen molar-refractivity contribution in [2.24, 2.45) is 0 Å². The second-order valence-corrected chi connectivity index (χ2v) is 5.06. The molecule has 0 atom stereocenters. The fraction of sp³-hybridized carbons (Fsp3) is 0.133. The van der Waals surface area contributed by atoms with Crippen LogP contribution >= 0.6 is 23.2 Å². The van der Waals surface area contributed by atoms with Crippen molar-refractivity contribution in [3.63, 3.8) is 0 Å². The van der Waals surface area contributed by atoms with E-state index in [0.29, 0.717) is 22.2 Å². The van der Waals surface area contributed by atoms with Crippen molar-refractivity contribution in [2.45, 2.75) is 13.5 Å². The maximum atomic E-state index is 8.73. The molecule has 4 heteroatoms. The Balaban J connectivity index is 2.10. The second-order valence-electron chi connectivity index (χ2n) is 4.24. The molecule has 2 nitrogen and oxygen atoms in total. The number of nitrogens with one attached hydrogen (secondary N) is 1. The quantitative estimate of drug-likeness (QED) is 0.882. The zero-order valence-electron chi connectivity index (χ0n) is 10.4. The highest BCUT2D eigenvalue weighted by Crippen LogP contribution is 2.29. The van der Waals surface area contributed by atoms with Crippen molar-refractivity contribution in [3.8, 4) is 6.07 Å². The van der Waals surface area contributed by atoms with Gasteiger partial charge in [0.2, 0.25) is 0 Å². The van der Waals surface area contributed by atoms with Gasteiger partial charge in [0.1, 0.15) is 0 Å². The summed E-state index contributed by atoms with van der Waals surface area (Å²) in [7, 11) is 0. The zero-order chi connectivity index (χ0) is 13.8. The normalized spacial score (nSPS) is 10.0. The molecule has 2 aromatic carbocycles. The van der Waals surface area contributed by atoms with E-state index in [2.05, 4.69) is 11.4 Å². The number of rotatable bonds is 3. The van der Waals surface area contributed by atoms with Crippen LogP contribution in [0.25, 0.3) is 0 Å². The molecule has 2 aromatic rings. The SMILES string of the molecule is Cc1cc(Cl)c(NCc2ccc(C#N)cc2)cc1Cl. The highest BCUT2D eigenvalue weighted by Gasteiger charge is 2.04. The van der Waals surface area contributed by atoms with Gasteiger partial charge in [-0.3, -0.25) is 0 Å². The van der Waals surface area contributed by atoms with Crippen LogP contribution in [0.2, 0.25) is 10.0 Å². The lowest BCUT2D eigenvalue weighted by Gasteiger charge is -2.10. The highest BCUT2D eigenvalue weighted by atomic mass is 35.5. The third-order valence-electron chi connectivity index (χ3n) is 2.81. The van der Waals surface area contributed by atoms with Crippen molar-refractivity contribution in [3.05, 3.63) is 63.1 Å². The summed E-state index contributed by atoms with van der Waals surface area (Å²) >= 11 is 12.2. The Morgan fingerprint density at radius 1 is 1.11 bits per heavy atom. The summed E-state index contributed by atoms with van der Waals surface area (Å²) in [5, 5.41) is 13.3. The van der Waals surface area contributed by atoms with E-state index in [-0.39, 0.29) is 0 Å². The third-order valence-corrected chi connectivity index (χ3v) is 3.53. The summed E-state index contributed by atoms with van der Waals surface area (Å²) in [4.78, 5) is 0. The summed E-state index contributed by atoms with van der Waals surface area (Å²) in [5.74, 6) is 0. The number of aryl methyl sites for hydroxylation is 1. The molecule has 1 N–H and O–H groups in total. The molecule has 0 saturated heterocycles. The van der Waals surface area contributed by atoms with Gasteiger partial charge in [-0.2, -0.15) is 5.26 Å². The minimum Gasteiger partial charge on any atom is -0.380 e. The Labute approximate surface area is 122 Å². The maximum absolute atomic E-state index is 8.73. The van der Waals surface area contributed by atoms with Gasteiger partial charge >= 0.3 is 0 Å². The van der Waals surface area contributed by atoms with Gasteiger partial charge in [-0.15, -0.1) is 0 Å². The van der Waals surface area contributed by atoms with Gasteiger partial charge in [0.25, 0.3) is 0 Å². The first kappa shape index (κ1) is 13.7.